The largest absolute Gasteiger partial charge is 0.505 e. The molecule has 0 atom stereocenters. The third kappa shape index (κ3) is 1.99. The molecule has 0 bridgehead atoms. The monoisotopic (exact) mass is 293 g/mol. The van der Waals surface area contributed by atoms with E-state index in [1.807, 2.05) is 0 Å². The molecule has 0 radical (unpaired) electrons. The van der Waals surface area contributed by atoms with E-state index in [9.17, 15) is 5.11 Å². The molecule has 3 aromatic rings. The van der Waals surface area contributed by atoms with E-state index in [0.717, 1.165) is 5.52 Å². The number of halogens is 2. The molecule has 0 fully saturated rings. The van der Waals surface area contributed by atoms with E-state index in [1.165, 1.54) is 0 Å². The minimum atomic E-state index is -0.00116. The smallest absolute Gasteiger partial charge is 0.149 e. The Morgan fingerprint density at radius 2 is 1.89 bits per heavy atom. The van der Waals surface area contributed by atoms with Crippen molar-refractivity contribution in [3.8, 4) is 17.1 Å². The van der Waals surface area contributed by atoms with Crippen LogP contribution >= 0.6 is 23.2 Å². The first kappa shape index (κ1) is 12.1. The van der Waals surface area contributed by atoms with Gasteiger partial charge in [0.1, 0.15) is 11.6 Å². The first-order chi connectivity index (χ1) is 9.06. The maximum Gasteiger partial charge on any atom is 0.149 e. The second-order valence-corrected chi connectivity index (χ2v) is 4.93. The lowest BCUT2D eigenvalue weighted by Crippen LogP contribution is -1.88. The quantitative estimate of drug-likeness (QED) is 0.471. The number of hydrogen-bond acceptors (Lipinski definition) is 3. The summed E-state index contributed by atoms with van der Waals surface area (Å²) in [5, 5.41) is 10.8. The Morgan fingerprint density at radius 3 is 2.68 bits per heavy atom. The van der Waals surface area contributed by atoms with Crippen molar-refractivity contribution < 1.29 is 5.11 Å². The number of hydrogen-bond donors (Lipinski definition) is 3. The number of para-hydroxylation sites is 1. The van der Waals surface area contributed by atoms with Gasteiger partial charge in [-0.3, -0.25) is 0 Å². The summed E-state index contributed by atoms with van der Waals surface area (Å²) in [7, 11) is 0. The molecule has 0 aliphatic rings. The van der Waals surface area contributed by atoms with Crippen molar-refractivity contribution in [3.63, 3.8) is 0 Å². The van der Waals surface area contributed by atoms with Crippen LogP contribution in [-0.4, -0.2) is 15.1 Å². The number of nitrogen functional groups attached to an aromatic ring is 1. The lowest BCUT2D eigenvalue weighted by Gasteiger charge is -2.03. The lowest BCUT2D eigenvalue weighted by molar-refractivity contribution is 0.479. The first-order valence-electron chi connectivity index (χ1n) is 5.49. The summed E-state index contributed by atoms with van der Waals surface area (Å²) >= 11 is 11.9. The Labute approximate surface area is 118 Å². The second kappa shape index (κ2) is 4.33. The minimum absolute atomic E-state index is 0.00116. The van der Waals surface area contributed by atoms with Crippen LogP contribution in [0, 0.1) is 0 Å². The Bertz CT molecular complexity index is 744. The normalized spacial score (nSPS) is 11.1. The van der Waals surface area contributed by atoms with Crippen molar-refractivity contribution in [3.05, 3.63) is 40.4 Å². The number of H-pyrrole nitrogens is 1. The van der Waals surface area contributed by atoms with E-state index in [2.05, 4.69) is 9.97 Å². The van der Waals surface area contributed by atoms with Crippen LogP contribution in [0.15, 0.2) is 30.3 Å². The zero-order chi connectivity index (χ0) is 13.6. The molecule has 4 N–H and O–H groups in total. The SMILES string of the molecule is Nc1cccc(-c2nc3cc(Cl)c(Cl)cc3[nH]2)c1O. The van der Waals surface area contributed by atoms with Crippen LogP contribution in [0.25, 0.3) is 22.4 Å². The topological polar surface area (TPSA) is 74.9 Å². The number of rotatable bonds is 1. The number of benzene rings is 2. The summed E-state index contributed by atoms with van der Waals surface area (Å²) in [4.78, 5) is 7.45. The van der Waals surface area contributed by atoms with Gasteiger partial charge < -0.3 is 15.8 Å². The van der Waals surface area contributed by atoms with Crippen LogP contribution in [0.1, 0.15) is 0 Å². The minimum Gasteiger partial charge on any atom is -0.505 e. The number of fused-ring (bicyclic) bond motifs is 1. The van der Waals surface area contributed by atoms with E-state index in [-0.39, 0.29) is 5.75 Å². The Morgan fingerprint density at radius 1 is 1.16 bits per heavy atom. The Hall–Kier alpha value is -1.91. The lowest BCUT2D eigenvalue weighted by atomic mass is 10.1. The van der Waals surface area contributed by atoms with Gasteiger partial charge in [0, 0.05) is 0 Å². The van der Waals surface area contributed by atoms with E-state index in [1.54, 1.807) is 30.3 Å². The molecule has 0 amide bonds. The number of aromatic nitrogens is 2. The highest BCUT2D eigenvalue weighted by Crippen LogP contribution is 2.34. The molecule has 0 saturated carbocycles. The van der Waals surface area contributed by atoms with Crippen LogP contribution < -0.4 is 5.73 Å². The molecule has 96 valence electrons. The molecule has 0 aliphatic carbocycles. The number of aromatic hydroxyl groups is 1. The fraction of sp³-hybridized carbons (Fsp3) is 0. The van der Waals surface area contributed by atoms with Gasteiger partial charge in [-0.05, 0) is 24.3 Å². The molecule has 19 heavy (non-hydrogen) atoms. The summed E-state index contributed by atoms with van der Waals surface area (Å²) in [5.74, 6) is 0.511. The summed E-state index contributed by atoms with van der Waals surface area (Å²) in [5.41, 5.74) is 7.91. The van der Waals surface area contributed by atoms with E-state index < -0.39 is 0 Å². The highest BCUT2D eigenvalue weighted by molar-refractivity contribution is 6.42. The average Bonchev–Trinajstić information content (AvgIpc) is 2.76. The maximum absolute atomic E-state index is 9.95. The van der Waals surface area contributed by atoms with Gasteiger partial charge >= 0.3 is 0 Å². The highest BCUT2D eigenvalue weighted by Gasteiger charge is 2.12. The molecule has 0 spiro atoms. The van der Waals surface area contributed by atoms with Crippen LogP contribution in [0.3, 0.4) is 0 Å². The molecular formula is C13H9Cl2N3O. The third-order valence-electron chi connectivity index (χ3n) is 2.85. The molecule has 1 aromatic heterocycles. The van der Waals surface area contributed by atoms with Crippen LogP contribution in [0.2, 0.25) is 10.0 Å². The van der Waals surface area contributed by atoms with Crippen LogP contribution in [0.5, 0.6) is 5.75 Å². The van der Waals surface area contributed by atoms with E-state index >= 15 is 0 Å². The number of phenolic OH excluding ortho intramolecular Hbond substituents is 1. The number of imidazole rings is 1. The van der Waals surface area contributed by atoms with Gasteiger partial charge in [-0.25, -0.2) is 4.98 Å². The average molecular weight is 294 g/mol. The fourth-order valence-electron chi connectivity index (χ4n) is 1.88. The van der Waals surface area contributed by atoms with Gasteiger partial charge in [0.2, 0.25) is 0 Å². The summed E-state index contributed by atoms with van der Waals surface area (Å²) in [6.45, 7) is 0. The van der Waals surface area contributed by atoms with Gasteiger partial charge in [-0.2, -0.15) is 0 Å². The van der Waals surface area contributed by atoms with Crippen molar-refractivity contribution in [2.24, 2.45) is 0 Å². The zero-order valence-corrected chi connectivity index (χ0v) is 11.1. The van der Waals surface area contributed by atoms with Gasteiger partial charge in [0.15, 0.2) is 0 Å². The van der Waals surface area contributed by atoms with Crippen molar-refractivity contribution in [2.75, 3.05) is 5.73 Å². The fourth-order valence-corrected chi connectivity index (χ4v) is 2.21. The number of phenols is 1. The van der Waals surface area contributed by atoms with E-state index in [4.69, 9.17) is 28.9 Å². The molecule has 1 heterocycles. The Kier molecular flexibility index (Phi) is 2.77. The number of nitrogens with two attached hydrogens (primary N) is 1. The predicted octanol–water partition coefficient (Wildman–Crippen LogP) is 3.82. The second-order valence-electron chi connectivity index (χ2n) is 4.11. The van der Waals surface area contributed by atoms with E-state index in [0.29, 0.717) is 32.6 Å². The number of anilines is 1. The number of nitrogens with zero attached hydrogens (tertiary/aromatic N) is 1. The van der Waals surface area contributed by atoms with Gasteiger partial charge in [-0.1, -0.05) is 29.3 Å². The van der Waals surface area contributed by atoms with Crippen molar-refractivity contribution in [1.29, 1.82) is 0 Å². The van der Waals surface area contributed by atoms with Crippen molar-refractivity contribution >= 4 is 39.9 Å². The van der Waals surface area contributed by atoms with Crippen LogP contribution in [-0.2, 0) is 0 Å². The molecule has 0 unspecified atom stereocenters. The molecular weight excluding hydrogens is 285 g/mol. The molecule has 2 aromatic carbocycles. The third-order valence-corrected chi connectivity index (χ3v) is 3.57. The molecule has 4 nitrogen and oxygen atoms in total. The summed E-state index contributed by atoms with van der Waals surface area (Å²) in [6.07, 6.45) is 0. The standard InChI is InChI=1S/C13H9Cl2N3O/c14-7-4-10-11(5-8(7)15)18-13(17-10)6-2-1-3-9(16)12(6)19/h1-5,19H,16H2,(H,17,18). The predicted molar refractivity (Wildman–Crippen MR) is 77.6 cm³/mol. The first-order valence-corrected chi connectivity index (χ1v) is 6.24. The molecule has 6 heteroatoms. The maximum atomic E-state index is 9.95. The van der Waals surface area contributed by atoms with Crippen molar-refractivity contribution in [1.82, 2.24) is 9.97 Å². The van der Waals surface area contributed by atoms with Gasteiger partial charge in [-0.15, -0.1) is 0 Å². The Balaban J connectivity index is 2.23. The van der Waals surface area contributed by atoms with Gasteiger partial charge in [0.05, 0.1) is 32.3 Å². The molecule has 0 saturated heterocycles. The van der Waals surface area contributed by atoms with Gasteiger partial charge in [0.25, 0.3) is 0 Å². The molecule has 0 aliphatic heterocycles. The number of nitrogens with one attached hydrogen (secondary N) is 1. The van der Waals surface area contributed by atoms with Crippen molar-refractivity contribution in [2.45, 2.75) is 0 Å². The van der Waals surface area contributed by atoms with Crippen LogP contribution in [0.4, 0.5) is 5.69 Å². The summed E-state index contributed by atoms with van der Waals surface area (Å²) < 4.78 is 0. The highest BCUT2D eigenvalue weighted by atomic mass is 35.5. The molecule has 3 rings (SSSR count). The zero-order valence-electron chi connectivity index (χ0n) is 9.61. The summed E-state index contributed by atoms with van der Waals surface area (Å²) in [6, 6.07) is 8.46. The number of aromatic amines is 1.